The van der Waals surface area contributed by atoms with E-state index in [0.717, 1.165) is 29.2 Å². The minimum Gasteiger partial charge on any atom is -0.349 e. The van der Waals surface area contributed by atoms with E-state index in [1.165, 1.54) is 0 Å². The Bertz CT molecular complexity index is 689. The Morgan fingerprint density at radius 1 is 1.16 bits per heavy atom. The summed E-state index contributed by atoms with van der Waals surface area (Å²) in [5, 5.41) is 7.20. The summed E-state index contributed by atoms with van der Waals surface area (Å²) >= 11 is 6.32. The molecule has 1 saturated heterocycles. The molecule has 0 aromatic heterocycles. The first-order valence-corrected chi connectivity index (χ1v) is 8.82. The van der Waals surface area contributed by atoms with Crippen molar-refractivity contribution in [3.05, 3.63) is 70.7 Å². The number of nitrogens with one attached hydrogen (secondary N) is 2. The highest BCUT2D eigenvalue weighted by atomic mass is 35.5. The van der Waals surface area contributed by atoms with Gasteiger partial charge < -0.3 is 10.6 Å². The van der Waals surface area contributed by atoms with Crippen molar-refractivity contribution in [1.82, 2.24) is 10.6 Å². The zero-order valence-corrected chi connectivity index (χ0v) is 15.8. The van der Waals surface area contributed by atoms with Gasteiger partial charge in [0.15, 0.2) is 0 Å². The molecule has 0 spiro atoms. The lowest BCUT2D eigenvalue weighted by Crippen LogP contribution is -2.50. The number of rotatable bonds is 6. The molecule has 1 aliphatic rings. The average Bonchev–Trinajstić information content (AvgIpc) is 2.55. The predicted octanol–water partition coefficient (Wildman–Crippen LogP) is 4.02. The first-order valence-electron chi connectivity index (χ1n) is 8.44. The van der Waals surface area contributed by atoms with E-state index in [9.17, 15) is 4.79 Å². The molecule has 1 heterocycles. The molecule has 2 N–H and O–H groups in total. The molecular weight excluding hydrogens is 355 g/mol. The molecule has 5 heteroatoms. The van der Waals surface area contributed by atoms with Gasteiger partial charge in [0.2, 0.25) is 5.91 Å². The smallest absolute Gasteiger partial charge is 0.223 e. The highest BCUT2D eigenvalue weighted by Crippen LogP contribution is 2.25. The molecule has 1 amide bonds. The first kappa shape index (κ1) is 19.8. The predicted molar refractivity (Wildman–Crippen MR) is 105 cm³/mol. The van der Waals surface area contributed by atoms with E-state index in [0.29, 0.717) is 12.3 Å². The monoisotopic (exact) mass is 378 g/mol. The molecule has 0 bridgehead atoms. The van der Waals surface area contributed by atoms with Crippen LogP contribution in [0, 0.1) is 11.8 Å². The fourth-order valence-corrected chi connectivity index (χ4v) is 3.22. The molecule has 134 valence electrons. The van der Waals surface area contributed by atoms with E-state index in [2.05, 4.69) is 22.8 Å². The molecule has 2 aromatic carbocycles. The fraction of sp³-hybridized carbons (Fsp3) is 0.350. The van der Waals surface area contributed by atoms with Crippen LogP contribution in [0.25, 0.3) is 0 Å². The van der Waals surface area contributed by atoms with E-state index in [4.69, 9.17) is 11.6 Å². The number of benzene rings is 2. The van der Waals surface area contributed by atoms with Crippen LogP contribution in [0.15, 0.2) is 54.6 Å². The Hall–Kier alpha value is -1.55. The molecule has 0 radical (unpaired) electrons. The van der Waals surface area contributed by atoms with Gasteiger partial charge in [-0.15, -0.1) is 12.4 Å². The van der Waals surface area contributed by atoms with Crippen LogP contribution in [0.1, 0.15) is 24.1 Å². The minimum absolute atomic E-state index is 0. The quantitative estimate of drug-likeness (QED) is 0.796. The Balaban J connectivity index is 0.00000225. The van der Waals surface area contributed by atoms with Gasteiger partial charge in [0.1, 0.15) is 0 Å². The Morgan fingerprint density at radius 2 is 1.80 bits per heavy atom. The third-order valence-corrected chi connectivity index (χ3v) is 5.20. The SMILES string of the molecule is CC(C(=O)NC(Cc1ccccc1Cl)c1ccccc1)C1CNC1.Cl. The van der Waals surface area contributed by atoms with Crippen LogP contribution in [-0.4, -0.2) is 19.0 Å². The van der Waals surface area contributed by atoms with E-state index < -0.39 is 0 Å². The van der Waals surface area contributed by atoms with Crippen LogP contribution >= 0.6 is 24.0 Å². The molecular formula is C20H24Cl2N2O. The molecule has 0 aliphatic carbocycles. The number of hydrogen-bond acceptors (Lipinski definition) is 2. The van der Waals surface area contributed by atoms with E-state index in [-0.39, 0.29) is 30.3 Å². The van der Waals surface area contributed by atoms with Crippen molar-refractivity contribution in [2.75, 3.05) is 13.1 Å². The lowest BCUT2D eigenvalue weighted by molar-refractivity contribution is -0.127. The third-order valence-electron chi connectivity index (χ3n) is 4.83. The summed E-state index contributed by atoms with van der Waals surface area (Å²) in [4.78, 5) is 12.7. The van der Waals surface area contributed by atoms with Gasteiger partial charge in [0.05, 0.1) is 6.04 Å². The Kier molecular flexibility index (Phi) is 7.30. The second-order valence-corrected chi connectivity index (χ2v) is 6.88. The van der Waals surface area contributed by atoms with Crippen molar-refractivity contribution < 1.29 is 4.79 Å². The summed E-state index contributed by atoms with van der Waals surface area (Å²) in [6.07, 6.45) is 0.686. The molecule has 2 aromatic rings. The molecule has 3 rings (SSSR count). The van der Waals surface area contributed by atoms with Gasteiger partial charge in [-0.25, -0.2) is 0 Å². The normalized spacial score (nSPS) is 16.2. The second kappa shape index (κ2) is 9.23. The fourth-order valence-electron chi connectivity index (χ4n) is 3.00. The number of halogens is 2. The third kappa shape index (κ3) is 4.97. The zero-order valence-electron chi connectivity index (χ0n) is 14.2. The Labute approximate surface area is 160 Å². The maximum Gasteiger partial charge on any atom is 0.223 e. The van der Waals surface area contributed by atoms with Crippen LogP contribution < -0.4 is 10.6 Å². The van der Waals surface area contributed by atoms with Crippen LogP contribution in [0.5, 0.6) is 0 Å². The second-order valence-electron chi connectivity index (χ2n) is 6.47. The maximum atomic E-state index is 12.7. The van der Waals surface area contributed by atoms with Crippen LogP contribution in [-0.2, 0) is 11.2 Å². The topological polar surface area (TPSA) is 41.1 Å². The van der Waals surface area contributed by atoms with E-state index in [1.807, 2.05) is 49.4 Å². The molecule has 1 fully saturated rings. The van der Waals surface area contributed by atoms with E-state index >= 15 is 0 Å². The number of carbonyl (C=O) groups is 1. The zero-order chi connectivity index (χ0) is 16.9. The van der Waals surface area contributed by atoms with Crippen LogP contribution in [0.2, 0.25) is 5.02 Å². The van der Waals surface area contributed by atoms with Gasteiger partial charge in [0.25, 0.3) is 0 Å². The van der Waals surface area contributed by atoms with Crippen molar-refractivity contribution >= 4 is 29.9 Å². The van der Waals surface area contributed by atoms with Crippen molar-refractivity contribution in [1.29, 1.82) is 0 Å². The first-order chi connectivity index (χ1) is 11.6. The summed E-state index contributed by atoms with van der Waals surface area (Å²) in [6, 6.07) is 17.8. The number of amides is 1. The highest BCUT2D eigenvalue weighted by molar-refractivity contribution is 6.31. The largest absolute Gasteiger partial charge is 0.349 e. The number of carbonyl (C=O) groups excluding carboxylic acids is 1. The number of hydrogen-bond donors (Lipinski definition) is 2. The molecule has 25 heavy (non-hydrogen) atoms. The van der Waals surface area contributed by atoms with Crippen molar-refractivity contribution in [3.63, 3.8) is 0 Å². The molecule has 0 saturated carbocycles. The Morgan fingerprint density at radius 3 is 2.40 bits per heavy atom. The lowest BCUT2D eigenvalue weighted by Gasteiger charge is -2.33. The van der Waals surface area contributed by atoms with Crippen molar-refractivity contribution in [3.8, 4) is 0 Å². The summed E-state index contributed by atoms with van der Waals surface area (Å²) in [5.74, 6) is 0.563. The highest BCUT2D eigenvalue weighted by Gasteiger charge is 2.30. The minimum atomic E-state index is -0.0749. The standard InChI is InChI=1S/C20H23ClN2O.ClH/c1-14(17-12-22-13-17)20(24)23-19(15-7-3-2-4-8-15)11-16-9-5-6-10-18(16)21;/h2-10,14,17,19,22H,11-13H2,1H3,(H,23,24);1H. The van der Waals surface area contributed by atoms with Crippen LogP contribution in [0.3, 0.4) is 0 Å². The molecule has 2 atom stereocenters. The summed E-state index contributed by atoms with van der Waals surface area (Å²) in [5.41, 5.74) is 2.15. The summed E-state index contributed by atoms with van der Waals surface area (Å²) in [7, 11) is 0. The van der Waals surface area contributed by atoms with Gasteiger partial charge in [-0.05, 0) is 42.6 Å². The van der Waals surface area contributed by atoms with Gasteiger partial charge in [-0.3, -0.25) is 4.79 Å². The van der Waals surface area contributed by atoms with Crippen molar-refractivity contribution in [2.24, 2.45) is 11.8 Å². The van der Waals surface area contributed by atoms with Gasteiger partial charge in [-0.1, -0.05) is 67.1 Å². The molecule has 1 aliphatic heterocycles. The molecule has 2 unspecified atom stereocenters. The summed E-state index contributed by atoms with van der Waals surface area (Å²) in [6.45, 7) is 3.86. The lowest BCUT2D eigenvalue weighted by atomic mass is 9.87. The van der Waals surface area contributed by atoms with Gasteiger partial charge >= 0.3 is 0 Å². The summed E-state index contributed by atoms with van der Waals surface area (Å²) < 4.78 is 0. The molecule has 3 nitrogen and oxygen atoms in total. The van der Waals surface area contributed by atoms with Crippen LogP contribution in [0.4, 0.5) is 0 Å². The van der Waals surface area contributed by atoms with Crippen molar-refractivity contribution in [2.45, 2.75) is 19.4 Å². The van der Waals surface area contributed by atoms with E-state index in [1.54, 1.807) is 0 Å². The van der Waals surface area contributed by atoms with Gasteiger partial charge in [0, 0.05) is 10.9 Å². The maximum absolute atomic E-state index is 12.7. The average molecular weight is 379 g/mol. The van der Waals surface area contributed by atoms with Gasteiger partial charge in [-0.2, -0.15) is 0 Å².